The van der Waals surface area contributed by atoms with Crippen molar-refractivity contribution in [2.75, 3.05) is 15.9 Å². The van der Waals surface area contributed by atoms with Gasteiger partial charge in [0.05, 0.1) is 5.69 Å². The second kappa shape index (κ2) is 8.99. The molecule has 3 heterocycles. The highest BCUT2D eigenvalue weighted by atomic mass is 32.2. The number of para-hydroxylation sites is 2. The molecule has 6 aromatic rings. The molecule has 0 aliphatic carbocycles. The molecule has 3 nitrogen and oxygen atoms in total. The van der Waals surface area contributed by atoms with Gasteiger partial charge in [0.2, 0.25) is 0 Å². The van der Waals surface area contributed by atoms with E-state index < -0.39 is 0 Å². The summed E-state index contributed by atoms with van der Waals surface area (Å²) < 4.78 is 2.43. The summed E-state index contributed by atoms with van der Waals surface area (Å²) in [6, 6.07) is 29.7. The van der Waals surface area contributed by atoms with Gasteiger partial charge in [-0.05, 0) is 103 Å². The molecule has 0 radical (unpaired) electrons. The number of aromatic nitrogens is 1. The van der Waals surface area contributed by atoms with Gasteiger partial charge in [0.15, 0.2) is 7.28 Å². The molecule has 0 spiro atoms. The van der Waals surface area contributed by atoms with Crippen LogP contribution in [0.15, 0.2) is 78.9 Å². The Morgan fingerprint density at radius 2 is 1.51 bits per heavy atom. The predicted molar refractivity (Wildman–Crippen MR) is 184 cm³/mol. The molecule has 2 aliphatic rings. The number of hydrogen-bond acceptors (Lipinski definition) is 3. The molecule has 5 aromatic carbocycles. The number of aryl methyl sites for hydroxylation is 4. The lowest BCUT2D eigenvalue weighted by Crippen LogP contribution is -2.61. The van der Waals surface area contributed by atoms with E-state index in [1.54, 1.807) is 11.9 Å². The first-order chi connectivity index (χ1) is 19.9. The van der Waals surface area contributed by atoms with E-state index in [4.69, 9.17) is 0 Å². The minimum Gasteiger partial charge on any atom is -0.356 e. The summed E-state index contributed by atoms with van der Waals surface area (Å²) in [6.07, 6.45) is 2.18. The van der Waals surface area contributed by atoms with E-state index in [-0.39, 0.29) is 6.71 Å². The van der Waals surface area contributed by atoms with E-state index in [1.165, 1.54) is 94.1 Å². The van der Waals surface area contributed by atoms with Gasteiger partial charge in [-0.1, -0.05) is 65.0 Å². The van der Waals surface area contributed by atoms with E-state index in [9.17, 15) is 0 Å². The van der Waals surface area contributed by atoms with Crippen molar-refractivity contribution in [3.63, 3.8) is 0 Å². The van der Waals surface area contributed by atoms with Gasteiger partial charge in [-0.2, -0.15) is 0 Å². The molecular weight excluding hydrogens is 516 g/mol. The summed E-state index contributed by atoms with van der Waals surface area (Å²) in [5, 5.41) is 6.45. The Bertz CT molecular complexity index is 2060. The molecule has 2 N–H and O–H groups in total. The quantitative estimate of drug-likeness (QED) is 0.234. The summed E-state index contributed by atoms with van der Waals surface area (Å²) in [5.74, 6) is 0. The second-order valence-electron chi connectivity index (χ2n) is 11.8. The molecule has 198 valence electrons. The van der Waals surface area contributed by atoms with Crippen LogP contribution in [-0.4, -0.2) is 25.2 Å². The van der Waals surface area contributed by atoms with Crippen LogP contribution in [0.4, 0.5) is 22.7 Å². The number of aromatic amines is 1. The molecule has 0 fully saturated rings. The van der Waals surface area contributed by atoms with E-state index in [0.717, 1.165) is 7.28 Å². The molecule has 0 saturated heterocycles. The summed E-state index contributed by atoms with van der Waals surface area (Å²) in [4.78, 5) is 3.72. The molecule has 2 aliphatic heterocycles. The van der Waals surface area contributed by atoms with Crippen molar-refractivity contribution in [1.82, 2.24) is 4.98 Å². The average Bonchev–Trinajstić information content (AvgIpc) is 3.34. The van der Waals surface area contributed by atoms with Crippen molar-refractivity contribution < 1.29 is 0 Å². The number of hydrogen-bond donors (Lipinski definition) is 2. The molecular formula is C35H31B2N3S. The van der Waals surface area contributed by atoms with Crippen molar-refractivity contribution in [3.05, 3.63) is 101 Å². The lowest BCUT2D eigenvalue weighted by Gasteiger charge is -2.40. The van der Waals surface area contributed by atoms with Gasteiger partial charge in [-0.15, -0.1) is 0 Å². The SMILES string of the molecule is CSN1c2cc(C)c(C)cc2B2c3cc(Bc4cccc5c4[nH]c4ccccc45)c(C)cc3Nc3cc(C)cc1c32. The molecule has 0 unspecified atom stereocenters. The topological polar surface area (TPSA) is 31.1 Å². The van der Waals surface area contributed by atoms with Gasteiger partial charge in [0.25, 0.3) is 6.71 Å². The number of rotatable bonds is 3. The fourth-order valence-corrected chi connectivity index (χ4v) is 7.83. The first kappa shape index (κ1) is 24.8. The van der Waals surface area contributed by atoms with E-state index >= 15 is 0 Å². The summed E-state index contributed by atoms with van der Waals surface area (Å²) in [6.45, 7) is 9.13. The maximum absolute atomic E-state index is 3.86. The number of nitrogens with zero attached hydrogens (tertiary/aromatic N) is 1. The van der Waals surface area contributed by atoms with Gasteiger partial charge < -0.3 is 10.3 Å². The zero-order valence-electron chi connectivity index (χ0n) is 24.1. The van der Waals surface area contributed by atoms with Crippen LogP contribution >= 0.6 is 11.9 Å². The van der Waals surface area contributed by atoms with Gasteiger partial charge in [0.1, 0.15) is 0 Å². The Kier molecular flexibility index (Phi) is 5.43. The van der Waals surface area contributed by atoms with Crippen LogP contribution in [0.25, 0.3) is 21.8 Å². The largest absolute Gasteiger partial charge is 0.356 e. The summed E-state index contributed by atoms with van der Waals surface area (Å²) in [7, 11) is 0.889. The third kappa shape index (κ3) is 3.63. The third-order valence-electron chi connectivity index (χ3n) is 9.26. The van der Waals surface area contributed by atoms with Crippen LogP contribution in [-0.2, 0) is 0 Å². The highest BCUT2D eigenvalue weighted by molar-refractivity contribution is 8.00. The molecule has 0 amide bonds. The number of benzene rings is 5. The van der Waals surface area contributed by atoms with Gasteiger partial charge in [-0.25, -0.2) is 0 Å². The Hall–Kier alpha value is -4.02. The summed E-state index contributed by atoms with van der Waals surface area (Å²) in [5.41, 5.74) is 19.7. The van der Waals surface area contributed by atoms with Crippen molar-refractivity contribution in [2.45, 2.75) is 27.7 Å². The first-order valence-corrected chi connectivity index (χ1v) is 15.6. The molecule has 8 rings (SSSR count). The van der Waals surface area contributed by atoms with Crippen molar-refractivity contribution in [3.8, 4) is 0 Å². The predicted octanol–water partition coefficient (Wildman–Crippen LogP) is 5.24. The molecule has 41 heavy (non-hydrogen) atoms. The number of H-pyrrole nitrogens is 1. The first-order valence-electron chi connectivity index (χ1n) is 14.4. The van der Waals surface area contributed by atoms with Crippen LogP contribution < -0.4 is 36.9 Å². The molecule has 0 bridgehead atoms. The Labute approximate surface area is 246 Å². The average molecular weight is 547 g/mol. The minimum atomic E-state index is 0.192. The van der Waals surface area contributed by atoms with Gasteiger partial charge in [-0.3, -0.25) is 4.31 Å². The van der Waals surface area contributed by atoms with E-state index in [1.807, 2.05) is 0 Å². The van der Waals surface area contributed by atoms with E-state index in [2.05, 4.69) is 127 Å². The fourth-order valence-electron chi connectivity index (χ4n) is 7.13. The summed E-state index contributed by atoms with van der Waals surface area (Å²) >= 11 is 1.79. The van der Waals surface area contributed by atoms with Crippen molar-refractivity contribution in [2.24, 2.45) is 0 Å². The number of anilines is 4. The smallest absolute Gasteiger partial charge is 0.252 e. The van der Waals surface area contributed by atoms with Gasteiger partial charge in [0, 0.05) is 45.1 Å². The molecule has 1 aromatic heterocycles. The minimum absolute atomic E-state index is 0.192. The maximum Gasteiger partial charge on any atom is 0.252 e. The standard InChI is InChI=1S/C35H31B2N3S/c1-19-13-31-34-33(14-19)40(41-5)32-17-21(3)20(2)15-28(32)37(34)27-18-26(22(4)16-30(27)38-31)36-25-11-8-10-24-23-9-6-7-12-29(23)39-35(24)25/h6-18,36,38-39H,1-5H3. The highest BCUT2D eigenvalue weighted by Gasteiger charge is 2.41. The fraction of sp³-hybridized carbons (Fsp3) is 0.143. The lowest BCUT2D eigenvalue weighted by molar-refractivity contribution is 1.32. The third-order valence-corrected chi connectivity index (χ3v) is 10.0. The highest BCUT2D eigenvalue weighted by Crippen LogP contribution is 2.39. The maximum atomic E-state index is 3.86. The monoisotopic (exact) mass is 547 g/mol. The van der Waals surface area contributed by atoms with Crippen LogP contribution in [0.3, 0.4) is 0 Å². The molecule has 0 atom stereocenters. The van der Waals surface area contributed by atoms with Crippen LogP contribution in [0.5, 0.6) is 0 Å². The van der Waals surface area contributed by atoms with Crippen LogP contribution in [0.1, 0.15) is 22.3 Å². The van der Waals surface area contributed by atoms with Crippen molar-refractivity contribution in [1.29, 1.82) is 0 Å². The number of nitrogens with one attached hydrogen (secondary N) is 2. The van der Waals surface area contributed by atoms with Crippen molar-refractivity contribution >= 4 is 97.8 Å². The van der Waals surface area contributed by atoms with Crippen LogP contribution in [0, 0.1) is 27.7 Å². The Morgan fingerprint density at radius 1 is 0.707 bits per heavy atom. The van der Waals surface area contributed by atoms with Gasteiger partial charge >= 0.3 is 0 Å². The number of fused-ring (bicyclic) bond motifs is 7. The zero-order valence-corrected chi connectivity index (χ0v) is 25.0. The normalized spacial score (nSPS) is 13.2. The molecule has 6 heteroatoms. The van der Waals surface area contributed by atoms with Crippen LogP contribution in [0.2, 0.25) is 0 Å². The second-order valence-corrected chi connectivity index (χ2v) is 12.6. The Balaban J connectivity index is 1.33. The lowest BCUT2D eigenvalue weighted by atomic mass is 9.33. The Morgan fingerprint density at radius 3 is 2.37 bits per heavy atom. The zero-order chi connectivity index (χ0) is 28.0. The van der Waals surface area contributed by atoms with E-state index in [0.29, 0.717) is 0 Å². The molecule has 0 saturated carbocycles.